The maximum atomic E-state index is 13.5. The van der Waals surface area contributed by atoms with Gasteiger partial charge in [-0.15, -0.1) is 11.3 Å². The lowest BCUT2D eigenvalue weighted by Crippen LogP contribution is -2.19. The summed E-state index contributed by atoms with van der Waals surface area (Å²) in [5, 5.41) is 0. The minimum atomic E-state index is -2.20. The van der Waals surface area contributed by atoms with Gasteiger partial charge in [-0.25, -0.2) is 22.0 Å². The Morgan fingerprint density at radius 2 is 1.45 bits per heavy atom. The smallest absolute Gasteiger partial charge is 0.200 e. The minimum absolute atomic E-state index is 0.0876. The molecule has 0 saturated carbocycles. The molecular weight excluding hydrogens is 321 g/mol. The summed E-state index contributed by atoms with van der Waals surface area (Å²) in [6, 6.07) is 1.75. The molecule has 0 amide bonds. The van der Waals surface area contributed by atoms with Crippen LogP contribution in [-0.2, 0) is 6.42 Å². The van der Waals surface area contributed by atoms with Crippen molar-refractivity contribution in [3.8, 4) is 0 Å². The van der Waals surface area contributed by atoms with Crippen LogP contribution in [0.5, 0.6) is 0 Å². The SMILES string of the molecule is NC(Cc1ccc(Cl)s1)c1c(F)c(F)c(F)c(F)c1F. The monoisotopic (exact) mass is 327 g/mol. The molecule has 2 N–H and O–H groups in total. The van der Waals surface area contributed by atoms with Gasteiger partial charge < -0.3 is 5.73 Å². The highest BCUT2D eigenvalue weighted by molar-refractivity contribution is 7.16. The Kier molecular flexibility index (Phi) is 4.31. The van der Waals surface area contributed by atoms with Crippen LogP contribution in [0.15, 0.2) is 12.1 Å². The average Bonchev–Trinajstić information content (AvgIpc) is 2.79. The van der Waals surface area contributed by atoms with Crippen LogP contribution in [0.1, 0.15) is 16.5 Å². The Morgan fingerprint density at radius 3 is 1.90 bits per heavy atom. The van der Waals surface area contributed by atoms with Gasteiger partial charge in [0.15, 0.2) is 23.3 Å². The number of hydrogen-bond donors (Lipinski definition) is 1. The molecule has 20 heavy (non-hydrogen) atoms. The normalized spacial score (nSPS) is 12.8. The molecule has 1 heterocycles. The fourth-order valence-corrected chi connectivity index (χ4v) is 2.87. The molecule has 0 saturated heterocycles. The molecule has 2 aromatic rings. The van der Waals surface area contributed by atoms with Gasteiger partial charge in [-0.2, -0.15) is 0 Å². The van der Waals surface area contributed by atoms with E-state index in [1.807, 2.05) is 0 Å². The van der Waals surface area contributed by atoms with Gasteiger partial charge in [0.2, 0.25) is 5.82 Å². The molecule has 0 bridgehead atoms. The van der Waals surface area contributed by atoms with E-state index in [1.54, 1.807) is 12.1 Å². The van der Waals surface area contributed by atoms with Crippen molar-refractivity contribution in [3.05, 3.63) is 56.0 Å². The van der Waals surface area contributed by atoms with Crippen molar-refractivity contribution in [2.45, 2.75) is 12.5 Å². The molecule has 0 aliphatic rings. The van der Waals surface area contributed by atoms with Crippen molar-refractivity contribution in [1.29, 1.82) is 0 Å². The highest BCUT2D eigenvalue weighted by atomic mass is 35.5. The van der Waals surface area contributed by atoms with Gasteiger partial charge in [0.05, 0.1) is 4.34 Å². The van der Waals surface area contributed by atoms with Crippen LogP contribution in [0.4, 0.5) is 22.0 Å². The van der Waals surface area contributed by atoms with Crippen LogP contribution >= 0.6 is 22.9 Å². The molecule has 1 unspecified atom stereocenters. The maximum absolute atomic E-state index is 13.5. The summed E-state index contributed by atoms with van der Waals surface area (Å²) in [5.41, 5.74) is 4.53. The highest BCUT2D eigenvalue weighted by Gasteiger charge is 2.29. The van der Waals surface area contributed by atoms with Gasteiger partial charge in [-0.1, -0.05) is 11.6 Å². The van der Waals surface area contributed by atoms with Crippen LogP contribution < -0.4 is 5.73 Å². The zero-order valence-electron chi connectivity index (χ0n) is 9.69. The molecule has 0 aliphatic carbocycles. The Bertz CT molecular complexity index is 629. The Morgan fingerprint density at radius 1 is 0.950 bits per heavy atom. The van der Waals surface area contributed by atoms with Gasteiger partial charge in [-0.3, -0.25) is 0 Å². The van der Waals surface area contributed by atoms with Gasteiger partial charge in [0.1, 0.15) is 0 Å². The zero-order chi connectivity index (χ0) is 15.0. The summed E-state index contributed by atoms with van der Waals surface area (Å²) in [5.74, 6) is -10.0. The van der Waals surface area contributed by atoms with E-state index < -0.39 is 40.7 Å². The predicted molar refractivity (Wildman–Crippen MR) is 66.2 cm³/mol. The first-order chi connectivity index (χ1) is 9.32. The van der Waals surface area contributed by atoms with E-state index in [-0.39, 0.29) is 6.42 Å². The molecule has 0 spiro atoms. The molecule has 1 atom stereocenters. The number of rotatable bonds is 3. The first-order valence-corrected chi connectivity index (χ1v) is 6.53. The highest BCUT2D eigenvalue weighted by Crippen LogP contribution is 2.30. The van der Waals surface area contributed by atoms with Crippen molar-refractivity contribution < 1.29 is 22.0 Å². The Hall–Kier alpha value is -1.18. The van der Waals surface area contributed by atoms with Crippen LogP contribution in [0.2, 0.25) is 4.34 Å². The van der Waals surface area contributed by atoms with Crippen LogP contribution in [-0.4, -0.2) is 0 Å². The van der Waals surface area contributed by atoms with Gasteiger partial charge in [0.25, 0.3) is 0 Å². The molecule has 1 aromatic heterocycles. The Labute approximate surface area is 119 Å². The first-order valence-electron chi connectivity index (χ1n) is 5.34. The summed E-state index contributed by atoms with van der Waals surface area (Å²) >= 11 is 6.80. The average molecular weight is 328 g/mol. The summed E-state index contributed by atoms with van der Waals surface area (Å²) in [6.45, 7) is 0. The molecule has 108 valence electrons. The topological polar surface area (TPSA) is 26.0 Å². The van der Waals surface area contributed by atoms with Gasteiger partial charge in [0, 0.05) is 22.9 Å². The largest absolute Gasteiger partial charge is 0.323 e. The number of hydrogen-bond acceptors (Lipinski definition) is 2. The van der Waals surface area contributed by atoms with E-state index in [4.69, 9.17) is 17.3 Å². The van der Waals surface area contributed by atoms with Crippen molar-refractivity contribution in [3.63, 3.8) is 0 Å². The second kappa shape index (κ2) is 5.67. The summed E-state index contributed by atoms with van der Waals surface area (Å²) < 4.78 is 66.6. The van der Waals surface area contributed by atoms with Crippen LogP contribution in [0, 0.1) is 29.1 Å². The fourth-order valence-electron chi connectivity index (χ4n) is 1.73. The van der Waals surface area contributed by atoms with E-state index in [9.17, 15) is 22.0 Å². The molecule has 8 heteroatoms. The standard InChI is InChI=1S/C12H7ClF5NS/c13-6-2-1-4(20-6)3-5(19)7-8(14)10(16)12(18)11(17)9(7)15/h1-2,5H,3,19H2. The quantitative estimate of drug-likeness (QED) is 0.506. The molecule has 1 aromatic carbocycles. The van der Waals surface area contributed by atoms with Crippen LogP contribution in [0.3, 0.4) is 0 Å². The number of thiophene rings is 1. The second-order valence-corrected chi connectivity index (χ2v) is 5.80. The molecular formula is C12H7ClF5NS. The second-order valence-electron chi connectivity index (χ2n) is 4.00. The number of nitrogens with two attached hydrogens (primary N) is 1. The van der Waals surface area contributed by atoms with E-state index in [0.29, 0.717) is 9.21 Å². The lowest BCUT2D eigenvalue weighted by Gasteiger charge is -2.14. The van der Waals surface area contributed by atoms with Crippen molar-refractivity contribution >= 4 is 22.9 Å². The summed E-state index contributed by atoms with van der Waals surface area (Å²) in [4.78, 5) is 0.575. The number of benzene rings is 1. The molecule has 1 nitrogen and oxygen atoms in total. The first kappa shape index (κ1) is 15.2. The molecule has 0 aliphatic heterocycles. The van der Waals surface area contributed by atoms with Crippen LogP contribution in [0.25, 0.3) is 0 Å². The van der Waals surface area contributed by atoms with E-state index in [2.05, 4.69) is 0 Å². The predicted octanol–water partition coefficient (Wildman–Crippen LogP) is 4.34. The van der Waals surface area contributed by atoms with Crippen molar-refractivity contribution in [2.24, 2.45) is 5.73 Å². The lowest BCUT2D eigenvalue weighted by molar-refractivity contribution is 0.364. The van der Waals surface area contributed by atoms with E-state index in [1.165, 1.54) is 0 Å². The van der Waals surface area contributed by atoms with Crippen molar-refractivity contribution in [2.75, 3.05) is 0 Å². The van der Waals surface area contributed by atoms with Gasteiger partial charge in [-0.05, 0) is 12.1 Å². The van der Waals surface area contributed by atoms with Crippen molar-refractivity contribution in [1.82, 2.24) is 0 Å². The van der Waals surface area contributed by atoms with E-state index in [0.717, 1.165) is 11.3 Å². The van der Waals surface area contributed by atoms with Gasteiger partial charge >= 0.3 is 0 Å². The third kappa shape index (κ3) is 2.65. The Balaban J connectivity index is 2.42. The molecule has 0 fully saturated rings. The number of halogens is 6. The molecule has 0 radical (unpaired) electrons. The van der Waals surface area contributed by atoms with E-state index >= 15 is 0 Å². The fraction of sp³-hybridized carbons (Fsp3) is 0.167. The minimum Gasteiger partial charge on any atom is -0.323 e. The third-order valence-corrected chi connectivity index (χ3v) is 3.92. The third-order valence-electron chi connectivity index (χ3n) is 2.66. The summed E-state index contributed by atoms with van der Waals surface area (Å²) in [6.07, 6.45) is -0.0876. The summed E-state index contributed by atoms with van der Waals surface area (Å²) in [7, 11) is 0. The zero-order valence-corrected chi connectivity index (χ0v) is 11.3. The maximum Gasteiger partial charge on any atom is 0.200 e. The molecule has 2 rings (SSSR count). The lowest BCUT2D eigenvalue weighted by atomic mass is 10.0.